The van der Waals surface area contributed by atoms with Crippen LogP contribution in [0.15, 0.2) is 322 Å². The van der Waals surface area contributed by atoms with Crippen molar-refractivity contribution in [3.63, 3.8) is 0 Å². The molecular weight excluding hydrogens is 1100 g/mol. The van der Waals surface area contributed by atoms with Gasteiger partial charge in [0.1, 0.15) is 0 Å². The molecule has 2 saturated carbocycles. The van der Waals surface area contributed by atoms with E-state index in [2.05, 4.69) is 345 Å². The lowest BCUT2D eigenvalue weighted by Gasteiger charge is -2.37. The van der Waals surface area contributed by atoms with Crippen LogP contribution < -0.4 is 9.80 Å². The van der Waals surface area contributed by atoms with Gasteiger partial charge in [0.15, 0.2) is 0 Å². The fraction of sp³-hybridized carbons (Fsp3) is 0.124. The largest absolute Gasteiger partial charge is 0.310 e. The molecular formula is C89H70N2. The average Bonchev–Trinajstić information content (AvgIpc) is 1.55. The van der Waals surface area contributed by atoms with Crippen molar-refractivity contribution in [1.29, 1.82) is 0 Å². The lowest BCUT2D eigenvalue weighted by Crippen LogP contribution is -2.29. The molecule has 13 aromatic rings. The molecule has 4 aliphatic carbocycles. The normalized spacial score (nSPS) is 17.8. The van der Waals surface area contributed by atoms with Crippen LogP contribution in [-0.4, -0.2) is 0 Å². The summed E-state index contributed by atoms with van der Waals surface area (Å²) in [6.45, 7) is 4.75. The van der Waals surface area contributed by atoms with Crippen molar-refractivity contribution in [1.82, 2.24) is 0 Å². The predicted molar refractivity (Wildman–Crippen MR) is 381 cm³/mol. The SMILES string of the molecule is CC1(C)c2ccccc2-c2cc(N(c3ccccc3)c3cc4c(cc3-c3ccccc3)-c3cc(-c5ccccc5)ccc3C4(c3ccc(-c4ccccc4)cc3)c3ccc(-c4ccccc4)c(N(c4ccccc4)c4ccc(C5CC6CCC5C6)cc4)c3)ccc21. The molecule has 2 fully saturated rings. The van der Waals surface area contributed by atoms with Gasteiger partial charge in [0.25, 0.3) is 0 Å². The number of nitrogens with zero attached hydrogens (tertiary/aromatic N) is 2. The van der Waals surface area contributed by atoms with Gasteiger partial charge >= 0.3 is 0 Å². The topological polar surface area (TPSA) is 6.48 Å². The smallest absolute Gasteiger partial charge is 0.0715 e. The quantitative estimate of drug-likeness (QED) is 0.114. The molecule has 0 heterocycles. The van der Waals surface area contributed by atoms with Gasteiger partial charge in [-0.3, -0.25) is 0 Å². The minimum absolute atomic E-state index is 0.144. The highest BCUT2D eigenvalue weighted by Gasteiger charge is 2.48. The molecule has 4 unspecified atom stereocenters. The van der Waals surface area contributed by atoms with E-state index in [1.54, 1.807) is 0 Å². The van der Waals surface area contributed by atoms with Crippen molar-refractivity contribution in [2.45, 2.75) is 56.3 Å². The maximum absolute atomic E-state index is 2.59. The van der Waals surface area contributed by atoms with Gasteiger partial charge in [0.05, 0.1) is 16.8 Å². The van der Waals surface area contributed by atoms with E-state index in [-0.39, 0.29) is 5.41 Å². The number of hydrogen-bond acceptors (Lipinski definition) is 2. The fourth-order valence-electron chi connectivity index (χ4n) is 16.7. The Morgan fingerprint density at radius 2 is 0.758 bits per heavy atom. The molecule has 4 atom stereocenters. The molecule has 2 nitrogen and oxygen atoms in total. The van der Waals surface area contributed by atoms with E-state index in [1.807, 2.05) is 0 Å². The predicted octanol–water partition coefficient (Wildman–Crippen LogP) is 23.9. The zero-order chi connectivity index (χ0) is 60.6. The lowest BCUT2D eigenvalue weighted by atomic mass is 9.67. The molecule has 0 spiro atoms. The molecule has 436 valence electrons. The number of hydrogen-bond donors (Lipinski definition) is 0. The first kappa shape index (κ1) is 54.6. The highest BCUT2D eigenvalue weighted by molar-refractivity contribution is 5.99. The summed E-state index contributed by atoms with van der Waals surface area (Å²) in [5.74, 6) is 2.30. The third kappa shape index (κ3) is 9.13. The van der Waals surface area contributed by atoms with Crippen LogP contribution in [0.3, 0.4) is 0 Å². The first-order chi connectivity index (χ1) is 44.9. The minimum atomic E-state index is -0.861. The maximum Gasteiger partial charge on any atom is 0.0715 e. The van der Waals surface area contributed by atoms with E-state index < -0.39 is 5.41 Å². The maximum atomic E-state index is 2.59. The zero-order valence-electron chi connectivity index (χ0n) is 51.6. The Morgan fingerprint density at radius 1 is 0.286 bits per heavy atom. The Balaban J connectivity index is 0.974. The van der Waals surface area contributed by atoms with Crippen molar-refractivity contribution < 1.29 is 0 Å². The Bertz CT molecular complexity index is 4830. The van der Waals surface area contributed by atoms with Crippen LogP contribution in [0.25, 0.3) is 66.8 Å². The lowest BCUT2D eigenvalue weighted by molar-refractivity contribution is 0.420. The third-order valence-electron chi connectivity index (χ3n) is 21.0. The van der Waals surface area contributed by atoms with Crippen molar-refractivity contribution in [2.75, 3.05) is 9.80 Å². The summed E-state index contributed by atoms with van der Waals surface area (Å²) in [7, 11) is 0. The summed E-state index contributed by atoms with van der Waals surface area (Å²) in [4.78, 5) is 5.08. The molecule has 0 saturated heterocycles. The van der Waals surface area contributed by atoms with Gasteiger partial charge in [0, 0.05) is 39.3 Å². The monoisotopic (exact) mass is 1170 g/mol. The zero-order valence-corrected chi connectivity index (χ0v) is 51.6. The number of anilines is 6. The minimum Gasteiger partial charge on any atom is -0.310 e. The first-order valence-electron chi connectivity index (χ1n) is 32.7. The van der Waals surface area contributed by atoms with E-state index in [0.29, 0.717) is 5.92 Å². The third-order valence-corrected chi connectivity index (χ3v) is 21.0. The molecule has 0 amide bonds. The molecule has 2 bridgehead atoms. The van der Waals surface area contributed by atoms with Crippen LogP contribution in [0.2, 0.25) is 0 Å². The molecule has 91 heavy (non-hydrogen) atoms. The highest BCUT2D eigenvalue weighted by atomic mass is 15.2. The van der Waals surface area contributed by atoms with E-state index >= 15 is 0 Å². The van der Waals surface area contributed by atoms with E-state index in [9.17, 15) is 0 Å². The molecule has 0 aromatic heterocycles. The molecule has 4 aliphatic rings. The van der Waals surface area contributed by atoms with Gasteiger partial charge in [-0.25, -0.2) is 0 Å². The van der Waals surface area contributed by atoms with E-state index in [4.69, 9.17) is 0 Å². The van der Waals surface area contributed by atoms with E-state index in [1.165, 1.54) is 115 Å². The number of benzene rings is 13. The summed E-state index contributed by atoms with van der Waals surface area (Å²) in [5.41, 5.74) is 29.1. The highest BCUT2D eigenvalue weighted by Crippen LogP contribution is 2.62. The first-order valence-corrected chi connectivity index (χ1v) is 32.7. The standard InChI is InChI=1S/C89H70N2/c1-88(2)82-36-22-21-35-76(82)80-57-74(49-52-83(80)88)91(72-33-19-8-20-34-72)87-59-85-81(58-78(87)65-29-15-6-16-30-65)79-55-67(62-25-11-4-12-26-62)43-51-84(79)89(85,69-44-39-63(40-45-69)61-23-9-3-10-24-61)70-46-50-75(64-27-13-5-14-28-64)86(56-70)90(71-31-17-7-18-32-71)73-47-41-66(42-48-73)77-54-60-37-38-68(77)53-60/h3-36,39-52,55-60,68,77H,37-38,53-54H2,1-2H3. The van der Waals surface area contributed by atoms with Gasteiger partial charge in [-0.05, 0) is 204 Å². The van der Waals surface area contributed by atoms with Crippen LogP contribution in [0.1, 0.15) is 84.4 Å². The Hall–Kier alpha value is -10.5. The second-order valence-electron chi connectivity index (χ2n) is 26.3. The van der Waals surface area contributed by atoms with E-state index in [0.717, 1.165) is 62.7 Å². The average molecular weight is 1170 g/mol. The van der Waals surface area contributed by atoms with Gasteiger partial charge in [-0.1, -0.05) is 269 Å². The van der Waals surface area contributed by atoms with Gasteiger partial charge in [0.2, 0.25) is 0 Å². The van der Waals surface area contributed by atoms with Gasteiger partial charge in [-0.2, -0.15) is 0 Å². The summed E-state index contributed by atoms with van der Waals surface area (Å²) < 4.78 is 0. The summed E-state index contributed by atoms with van der Waals surface area (Å²) in [6.07, 6.45) is 5.45. The van der Waals surface area contributed by atoms with Crippen molar-refractivity contribution >= 4 is 34.1 Å². The molecule has 0 aliphatic heterocycles. The number of para-hydroxylation sites is 2. The Morgan fingerprint density at radius 3 is 1.38 bits per heavy atom. The fourth-order valence-corrected chi connectivity index (χ4v) is 16.7. The molecule has 17 rings (SSSR count). The molecule has 0 radical (unpaired) electrons. The number of fused-ring (bicyclic) bond motifs is 8. The van der Waals surface area contributed by atoms with Crippen LogP contribution in [-0.2, 0) is 10.8 Å². The van der Waals surface area contributed by atoms with Gasteiger partial charge < -0.3 is 9.80 Å². The molecule has 0 N–H and O–H groups in total. The van der Waals surface area contributed by atoms with Crippen LogP contribution >= 0.6 is 0 Å². The van der Waals surface area contributed by atoms with Crippen LogP contribution in [0.5, 0.6) is 0 Å². The molecule has 2 heteroatoms. The van der Waals surface area contributed by atoms with Crippen molar-refractivity contribution in [3.8, 4) is 66.8 Å². The van der Waals surface area contributed by atoms with Crippen LogP contribution in [0, 0.1) is 11.8 Å². The van der Waals surface area contributed by atoms with Gasteiger partial charge in [-0.15, -0.1) is 0 Å². The second-order valence-corrected chi connectivity index (χ2v) is 26.3. The summed E-state index contributed by atoms with van der Waals surface area (Å²) in [6, 6.07) is 122. The summed E-state index contributed by atoms with van der Waals surface area (Å²) in [5, 5.41) is 0. The number of rotatable bonds is 13. The van der Waals surface area contributed by atoms with Crippen LogP contribution in [0.4, 0.5) is 34.1 Å². The van der Waals surface area contributed by atoms with Crippen molar-refractivity contribution in [2.24, 2.45) is 11.8 Å². The van der Waals surface area contributed by atoms with Crippen molar-refractivity contribution in [3.05, 3.63) is 360 Å². The summed E-state index contributed by atoms with van der Waals surface area (Å²) >= 11 is 0. The Labute approximate surface area is 536 Å². The second kappa shape index (κ2) is 22.2. The molecule has 13 aromatic carbocycles. The Kier molecular flexibility index (Phi) is 13.3.